The van der Waals surface area contributed by atoms with Crippen molar-refractivity contribution >= 4 is 88.3 Å². The molecule has 3 heterocycles. The van der Waals surface area contributed by atoms with Crippen LogP contribution in [0, 0.1) is 5.92 Å². The van der Waals surface area contributed by atoms with E-state index >= 15 is 0 Å². The van der Waals surface area contributed by atoms with E-state index in [-0.39, 0.29) is 108 Å². The van der Waals surface area contributed by atoms with E-state index < -0.39 is 139 Å². The topological polar surface area (TPSA) is 533 Å². The van der Waals surface area contributed by atoms with Gasteiger partial charge in [0.15, 0.2) is 17.9 Å². The molecule has 4 fully saturated rings. The number of aliphatic hydroxyl groups is 2. The summed E-state index contributed by atoms with van der Waals surface area (Å²) < 4.78 is 0. The maximum atomic E-state index is 14.8. The number of guanidine groups is 3. The van der Waals surface area contributed by atoms with Crippen LogP contribution in [0.15, 0.2) is 32.5 Å². The van der Waals surface area contributed by atoms with Gasteiger partial charge in [0.05, 0.1) is 31.8 Å². The molecular weight excluding hydrogens is 1170 g/mol. The van der Waals surface area contributed by atoms with Crippen LogP contribution in [0.3, 0.4) is 0 Å². The summed E-state index contributed by atoms with van der Waals surface area (Å²) in [4.78, 5) is 155. The van der Waals surface area contributed by atoms with Crippen molar-refractivity contribution in [2.45, 2.75) is 182 Å². The van der Waals surface area contributed by atoms with Crippen LogP contribution in [-0.2, 0) is 54.4 Å². The zero-order valence-electron chi connectivity index (χ0n) is 49.7. The number of amides is 9. The number of carbonyl (C=O) groups excluding carboxylic acids is 9. The minimum Gasteiger partial charge on any atom is -0.480 e. The number of β-amino-alcohol motifs (C(OH)–C–C–N with tert-alkyl or cyclic N) is 1. The molecular formula is C55H91N19O13S. The molecule has 490 valence electrons. The number of aliphatic hydroxyl groups excluding tert-OH is 2. The molecule has 88 heavy (non-hydrogen) atoms. The second kappa shape index (κ2) is 35.8. The van der Waals surface area contributed by atoms with E-state index in [9.17, 15) is 63.3 Å². The van der Waals surface area contributed by atoms with Crippen LogP contribution in [-0.4, -0.2) is 220 Å². The van der Waals surface area contributed by atoms with Crippen LogP contribution < -0.4 is 72.0 Å². The van der Waals surface area contributed by atoms with Gasteiger partial charge in [-0.05, 0) is 94.4 Å². The van der Waals surface area contributed by atoms with Gasteiger partial charge < -0.3 is 102 Å². The summed E-state index contributed by atoms with van der Waals surface area (Å²) in [6.07, 6.45) is 6.42. The molecule has 2 aliphatic carbocycles. The molecule has 0 bridgehead atoms. The van der Waals surface area contributed by atoms with Crippen molar-refractivity contribution < 1.29 is 63.3 Å². The summed E-state index contributed by atoms with van der Waals surface area (Å²) in [6, 6.07) is -7.07. The molecule has 23 N–H and O–H groups in total. The highest BCUT2D eigenvalue weighted by atomic mass is 32.1. The van der Waals surface area contributed by atoms with Gasteiger partial charge in [0.1, 0.15) is 42.3 Å². The van der Waals surface area contributed by atoms with E-state index in [1.165, 1.54) is 21.1 Å². The number of thiophene rings is 1. The smallest absolute Gasteiger partial charge is 0.326 e. The van der Waals surface area contributed by atoms with Crippen LogP contribution in [0.4, 0.5) is 0 Å². The lowest BCUT2D eigenvalue weighted by atomic mass is 9.91. The molecule has 0 aromatic carbocycles. The van der Waals surface area contributed by atoms with E-state index in [4.69, 9.17) is 40.1 Å². The maximum Gasteiger partial charge on any atom is 0.326 e. The molecule has 1 aromatic heterocycles. The number of carboxylic acids is 1. The zero-order chi connectivity index (χ0) is 64.5. The molecule has 4 aliphatic rings. The molecule has 9 atom stereocenters. The Morgan fingerprint density at radius 1 is 0.659 bits per heavy atom. The highest BCUT2D eigenvalue weighted by molar-refractivity contribution is 7.09. The summed E-state index contributed by atoms with van der Waals surface area (Å²) in [6.45, 7) is -1.80. The molecule has 0 radical (unpaired) electrons. The lowest BCUT2D eigenvalue weighted by Crippen LogP contribution is -2.61. The van der Waals surface area contributed by atoms with Gasteiger partial charge in [-0.25, -0.2) is 4.79 Å². The van der Waals surface area contributed by atoms with E-state index in [1.54, 1.807) is 17.5 Å². The number of aliphatic carboxylic acids is 1. The minimum atomic E-state index is -1.64. The Kier molecular flexibility index (Phi) is 28.8. The van der Waals surface area contributed by atoms with Crippen molar-refractivity contribution in [1.82, 2.24) is 46.6 Å². The lowest BCUT2D eigenvalue weighted by molar-refractivity contribution is -0.148. The molecule has 2 aliphatic heterocycles. The number of nitrogens with zero attached hydrogens (tertiary/aromatic N) is 6. The van der Waals surface area contributed by atoms with Crippen molar-refractivity contribution in [2.75, 3.05) is 52.4 Å². The summed E-state index contributed by atoms with van der Waals surface area (Å²) in [5.74, 6) is -8.78. The van der Waals surface area contributed by atoms with Crippen molar-refractivity contribution in [1.29, 1.82) is 0 Å². The summed E-state index contributed by atoms with van der Waals surface area (Å²) >= 11 is 1.27. The molecule has 32 nitrogen and oxygen atoms in total. The second-order valence-corrected chi connectivity index (χ2v) is 23.7. The normalized spacial score (nSPS) is 19.7. The Hall–Kier alpha value is -7.91. The average molecular weight is 1260 g/mol. The number of hydrogen-bond acceptors (Lipinski definition) is 17. The van der Waals surface area contributed by atoms with Crippen molar-refractivity contribution in [3.8, 4) is 0 Å². The van der Waals surface area contributed by atoms with Crippen LogP contribution in [0.1, 0.15) is 120 Å². The number of hydrogen-bond donors (Lipinski definition) is 16. The summed E-state index contributed by atoms with van der Waals surface area (Å²) in [5.41, 5.74) is 38.7. The molecule has 0 spiro atoms. The molecule has 5 rings (SSSR count). The maximum absolute atomic E-state index is 14.8. The fourth-order valence-electron chi connectivity index (χ4n) is 11.6. The van der Waals surface area contributed by atoms with Crippen molar-refractivity contribution in [3.05, 3.63) is 22.4 Å². The number of likely N-dealkylation sites (tertiary alicyclic amines) is 2. The monoisotopic (exact) mass is 1260 g/mol. The predicted molar refractivity (Wildman–Crippen MR) is 325 cm³/mol. The number of carboxylic acid groups (broad SMARTS) is 1. The number of nitrogens with two attached hydrogens (primary N) is 7. The van der Waals surface area contributed by atoms with Gasteiger partial charge in [-0.1, -0.05) is 38.2 Å². The Morgan fingerprint density at radius 2 is 1.24 bits per heavy atom. The van der Waals surface area contributed by atoms with Crippen molar-refractivity contribution in [3.63, 3.8) is 0 Å². The largest absolute Gasteiger partial charge is 0.480 e. The Morgan fingerprint density at radius 3 is 1.83 bits per heavy atom. The number of carbonyl (C=O) groups is 10. The quantitative estimate of drug-likeness (QED) is 0.0174. The first-order valence-electron chi connectivity index (χ1n) is 30.1. The fourth-order valence-corrected chi connectivity index (χ4v) is 12.3. The van der Waals surface area contributed by atoms with Crippen molar-refractivity contribution in [2.24, 2.45) is 61.0 Å². The molecule has 2 saturated carbocycles. The van der Waals surface area contributed by atoms with E-state index in [0.29, 0.717) is 43.4 Å². The third-order valence-electron chi connectivity index (χ3n) is 16.1. The number of aliphatic imine (C=N–C) groups is 3. The third kappa shape index (κ3) is 22.4. The zero-order valence-corrected chi connectivity index (χ0v) is 50.5. The summed E-state index contributed by atoms with van der Waals surface area (Å²) in [7, 11) is 0. The fraction of sp³-hybridized carbons (Fsp3) is 0.691. The van der Waals surface area contributed by atoms with Crippen LogP contribution >= 0.6 is 11.3 Å². The standard InChI is InChI=1S/C55H91N19O13S/c56-35(16-6-20-63-53(57)58)45(79)69-36(17-7-21-64-54(59)60)49(83)72-23-9-19-40(72)50(84)74-28-33(76)25-41(74)48(82)66-27-42(77)68-38(26-34-15-10-24-88-34)46(80)70-39(30-75)47(81)71-44(31-11-4-5-12-31)51(85)73(32-13-2-1-3-14-32)29-43(78)67-37(52(86)87)18-8-22-65-55(61)62/h10,15,24,31-33,35-41,44,75-76H,1-9,11-14,16-23,25-30,56H2,(H,66,82)(H,67,78)(H,68,77)(H,69,79)(H,70,80)(H,71,81)(H,86,87)(H4,57,58,63)(H4,59,60,64)(H4,61,62,65)/t33-,35-,36+,37+,38+,39+,40+,41+,44-/m1/s1. The van der Waals surface area contributed by atoms with Gasteiger partial charge in [0, 0.05) is 56.5 Å². The Labute approximate surface area is 514 Å². The minimum absolute atomic E-state index is 0.00289. The van der Waals surface area contributed by atoms with Gasteiger partial charge >= 0.3 is 5.97 Å². The van der Waals surface area contributed by atoms with Gasteiger partial charge in [0.2, 0.25) is 53.2 Å². The van der Waals surface area contributed by atoms with Crippen LogP contribution in [0.25, 0.3) is 0 Å². The highest BCUT2D eigenvalue weighted by Crippen LogP contribution is 2.31. The summed E-state index contributed by atoms with van der Waals surface area (Å²) in [5, 5.41) is 48.7. The molecule has 9 amide bonds. The molecule has 33 heteroatoms. The van der Waals surface area contributed by atoms with Gasteiger partial charge in [-0.3, -0.25) is 58.1 Å². The van der Waals surface area contributed by atoms with Gasteiger partial charge in [-0.15, -0.1) is 11.3 Å². The lowest BCUT2D eigenvalue weighted by Gasteiger charge is -2.38. The van der Waals surface area contributed by atoms with E-state index in [2.05, 4.69) is 46.9 Å². The number of nitrogens with one attached hydrogen (secondary N) is 6. The van der Waals surface area contributed by atoms with Crippen LogP contribution in [0.5, 0.6) is 0 Å². The Bertz CT molecular complexity index is 2620. The Balaban J connectivity index is 1.24. The molecule has 2 saturated heterocycles. The SMILES string of the molecule is NC(N)=NCCC[C@@H](N)C(=O)N[C@@H](CCCN=C(N)N)C(=O)N1CCC[C@H]1C(=O)N1C[C@H](O)C[C@H]1C(=O)NCC(=O)N[C@@H](Cc1cccs1)C(=O)N[C@@H](CO)C(=O)N[C@@H](C(=O)N(CC(=O)N[C@@H](CCCN=C(N)N)C(=O)O)C1CCCCC1)C1CCCC1. The van der Waals surface area contributed by atoms with E-state index in [0.717, 1.165) is 37.0 Å². The van der Waals surface area contributed by atoms with Crippen LogP contribution in [0.2, 0.25) is 0 Å². The number of rotatable bonds is 34. The first-order chi connectivity index (χ1) is 42.0. The highest BCUT2D eigenvalue weighted by Gasteiger charge is 2.46. The predicted octanol–water partition coefficient (Wildman–Crippen LogP) is -5.30. The first-order valence-corrected chi connectivity index (χ1v) is 31.0. The van der Waals surface area contributed by atoms with E-state index in [1.807, 2.05) is 0 Å². The first kappa shape index (κ1) is 70.8. The molecule has 0 unspecified atom stereocenters. The average Bonchev–Trinajstić information content (AvgIpc) is 3.47. The molecule has 1 aromatic rings. The van der Waals surface area contributed by atoms with Gasteiger partial charge in [-0.2, -0.15) is 0 Å². The second-order valence-electron chi connectivity index (χ2n) is 22.7. The van der Waals surface area contributed by atoms with Gasteiger partial charge in [0.25, 0.3) is 0 Å². The third-order valence-corrected chi connectivity index (χ3v) is 17.0.